The Morgan fingerprint density at radius 2 is 2.12 bits per heavy atom. The lowest BCUT2D eigenvalue weighted by molar-refractivity contribution is -0.143. The molecule has 3 heterocycles. The van der Waals surface area contributed by atoms with E-state index in [1.165, 1.54) is 6.92 Å². The van der Waals surface area contributed by atoms with Crippen LogP contribution in [0.3, 0.4) is 0 Å². The molecule has 13 heteroatoms. The molecule has 1 aromatic carbocycles. The predicted molar refractivity (Wildman–Crippen MR) is 122 cm³/mol. The molecule has 1 aliphatic heterocycles. The number of aliphatic hydroxyl groups is 1. The number of nitrogens with zero attached hydrogens (tertiary/aromatic N) is 3. The van der Waals surface area contributed by atoms with Crippen LogP contribution in [0, 0.1) is 0 Å². The first kappa shape index (κ1) is 24.6. The predicted octanol–water partition coefficient (Wildman–Crippen LogP) is 2.87. The van der Waals surface area contributed by atoms with Gasteiger partial charge in [-0.15, -0.1) is 0 Å². The van der Waals surface area contributed by atoms with Crippen molar-refractivity contribution >= 4 is 36.2 Å². The van der Waals surface area contributed by atoms with Crippen molar-refractivity contribution in [2.75, 3.05) is 13.0 Å². The maximum Gasteiger partial charge on any atom is 0.416 e. The lowest BCUT2D eigenvalue weighted by Gasteiger charge is -2.22. The van der Waals surface area contributed by atoms with E-state index in [1.807, 2.05) is 0 Å². The Morgan fingerprint density at radius 3 is 2.85 bits per heavy atom. The molecule has 1 aliphatic rings. The minimum absolute atomic E-state index is 0.239. The average Bonchev–Trinajstić information content (AvgIpc) is 3.41. The van der Waals surface area contributed by atoms with Crippen molar-refractivity contribution in [1.29, 1.82) is 0 Å². The van der Waals surface area contributed by atoms with Crippen LogP contribution in [0.25, 0.3) is 11.0 Å². The highest BCUT2D eigenvalue weighted by molar-refractivity contribution is 7.54. The van der Waals surface area contributed by atoms with E-state index in [4.69, 9.17) is 35.9 Å². The molecule has 4 rings (SSSR count). The third kappa shape index (κ3) is 5.57. The topological polar surface area (TPSA) is 148 Å². The van der Waals surface area contributed by atoms with Crippen molar-refractivity contribution in [3.8, 4) is 5.75 Å². The Labute approximate surface area is 200 Å². The lowest BCUT2D eigenvalue weighted by Crippen LogP contribution is -2.30. The number of ether oxygens (including phenoxy) is 2. The molecule has 0 saturated carbocycles. The van der Waals surface area contributed by atoms with Crippen molar-refractivity contribution in [1.82, 2.24) is 14.5 Å². The zero-order valence-electron chi connectivity index (χ0n) is 18.2. The number of para-hydroxylation sites is 1. The first-order valence-corrected chi connectivity index (χ1v) is 12.6. The number of halogens is 1. The summed E-state index contributed by atoms with van der Waals surface area (Å²) in [6.45, 7) is 1.17. The van der Waals surface area contributed by atoms with Crippen LogP contribution < -0.4 is 10.3 Å². The maximum atomic E-state index is 13.4. The Morgan fingerprint density at radius 1 is 1.35 bits per heavy atom. The Hall–Kier alpha value is -2.53. The summed E-state index contributed by atoms with van der Waals surface area (Å²) in [6.07, 6.45) is 0.394. The molecule has 1 saturated heterocycles. The van der Waals surface area contributed by atoms with Gasteiger partial charge in [0, 0.05) is 12.6 Å². The van der Waals surface area contributed by atoms with Crippen LogP contribution in [0.1, 0.15) is 19.6 Å². The summed E-state index contributed by atoms with van der Waals surface area (Å²) in [7, 11) is -3.97. The minimum atomic E-state index is -3.97. The number of aliphatic hydroxyl groups excluding tert-OH is 1. The molecule has 182 valence electrons. The van der Waals surface area contributed by atoms with Gasteiger partial charge in [0.2, 0.25) is 6.35 Å². The van der Waals surface area contributed by atoms with Crippen LogP contribution >= 0.6 is 19.2 Å². The first-order valence-electron chi connectivity index (χ1n) is 10.5. The van der Waals surface area contributed by atoms with Gasteiger partial charge in [-0.3, -0.25) is 9.32 Å². The van der Waals surface area contributed by atoms with Gasteiger partial charge in [0.1, 0.15) is 29.6 Å². The molecule has 0 bridgehead atoms. The summed E-state index contributed by atoms with van der Waals surface area (Å²) in [6, 6.07) is 9.16. The number of hydrogen-bond donors (Lipinski definition) is 2. The fourth-order valence-electron chi connectivity index (χ4n) is 3.39. The van der Waals surface area contributed by atoms with Crippen LogP contribution in [0.15, 0.2) is 48.9 Å². The van der Waals surface area contributed by atoms with Gasteiger partial charge < -0.3 is 29.4 Å². The second kappa shape index (κ2) is 10.4. The van der Waals surface area contributed by atoms with Crippen molar-refractivity contribution in [3.05, 3.63) is 54.1 Å². The zero-order valence-corrected chi connectivity index (χ0v) is 19.8. The third-order valence-electron chi connectivity index (χ3n) is 5.12. The van der Waals surface area contributed by atoms with Gasteiger partial charge in [0.15, 0.2) is 5.15 Å². The monoisotopic (exact) mass is 510 g/mol. The van der Waals surface area contributed by atoms with Gasteiger partial charge in [0.25, 0.3) is 0 Å². The number of aromatic nitrogens is 3. The second-order valence-electron chi connectivity index (χ2n) is 7.75. The number of pyridine rings is 1. The van der Waals surface area contributed by atoms with Gasteiger partial charge in [-0.25, -0.2) is 14.5 Å². The van der Waals surface area contributed by atoms with Gasteiger partial charge in [0.05, 0.1) is 24.6 Å². The van der Waals surface area contributed by atoms with Crippen LogP contribution in [-0.4, -0.2) is 56.8 Å². The molecular formula is C21H24ClN4O7P. The van der Waals surface area contributed by atoms with E-state index in [9.17, 15) is 14.5 Å². The highest BCUT2D eigenvalue weighted by atomic mass is 35.5. The number of carbonyl (C=O) groups is 1. The van der Waals surface area contributed by atoms with E-state index in [0.29, 0.717) is 11.0 Å². The number of rotatable bonds is 9. The molecule has 1 fully saturated rings. The van der Waals surface area contributed by atoms with E-state index < -0.39 is 44.4 Å². The Bertz CT molecular complexity index is 1190. The zero-order chi connectivity index (χ0) is 24.3. The second-order valence-corrected chi connectivity index (χ2v) is 10.0. The number of fused-ring (bicyclic) bond motifs is 1. The van der Waals surface area contributed by atoms with Gasteiger partial charge in [-0.2, -0.15) is 0 Å². The van der Waals surface area contributed by atoms with Crippen LogP contribution in [0.4, 0.5) is 0 Å². The fraction of sp³-hybridized carbons (Fsp3) is 0.381. The van der Waals surface area contributed by atoms with Crippen molar-refractivity contribution in [3.63, 3.8) is 0 Å². The van der Waals surface area contributed by atoms with E-state index in [-0.39, 0.29) is 23.9 Å². The summed E-state index contributed by atoms with van der Waals surface area (Å²) < 4.78 is 37.2. The van der Waals surface area contributed by atoms with Gasteiger partial charge >= 0.3 is 13.6 Å². The summed E-state index contributed by atoms with van der Waals surface area (Å²) in [5.74, 6) is -0.485. The van der Waals surface area contributed by atoms with Crippen molar-refractivity contribution < 1.29 is 33.0 Å². The number of benzene rings is 1. The number of hydrogen-bond acceptors (Lipinski definition) is 10. The highest BCUT2D eigenvalue weighted by Gasteiger charge is 2.39. The fourth-order valence-corrected chi connectivity index (χ4v) is 4.87. The number of carbonyl (C=O) groups excluding carboxylic acids is 1. The van der Waals surface area contributed by atoms with Crippen LogP contribution in [-0.2, 0) is 23.4 Å². The van der Waals surface area contributed by atoms with Crippen molar-refractivity contribution in [2.24, 2.45) is 5.73 Å². The van der Waals surface area contributed by atoms with E-state index in [2.05, 4.69) is 9.97 Å². The third-order valence-corrected chi connectivity index (χ3v) is 6.88. The smallest absolute Gasteiger partial charge is 0.416 e. The summed E-state index contributed by atoms with van der Waals surface area (Å²) in [5.41, 5.74) is 6.71. The molecule has 3 aromatic rings. The molecule has 11 nitrogen and oxygen atoms in total. The lowest BCUT2D eigenvalue weighted by atomic mass is 10.2. The standard InChI is InChI=1S/C21H24ClN4O7P/c1-13(23)21(28)30-12-34(29,33-14-5-3-2-4-6-14)31-10-17-16(27)9-18(32-17)26-11-25-19-15(26)7-8-24-20(19)22/h2-8,11,13,16-18,27H,9-10,12,23H2,1H3/t13-,16-,17+,18+,34?/m0/s1. The van der Waals surface area contributed by atoms with E-state index >= 15 is 0 Å². The van der Waals surface area contributed by atoms with Crippen LogP contribution in [0.5, 0.6) is 5.75 Å². The summed E-state index contributed by atoms with van der Waals surface area (Å²) in [4.78, 5) is 20.0. The molecule has 5 atom stereocenters. The van der Waals surface area contributed by atoms with Gasteiger partial charge in [-0.1, -0.05) is 29.8 Å². The molecule has 3 N–H and O–H groups in total. The van der Waals surface area contributed by atoms with Crippen LogP contribution in [0.2, 0.25) is 5.15 Å². The molecule has 0 spiro atoms. The first-order chi connectivity index (χ1) is 16.3. The molecular weight excluding hydrogens is 487 g/mol. The average molecular weight is 511 g/mol. The molecule has 0 radical (unpaired) electrons. The molecule has 0 amide bonds. The number of nitrogens with two attached hydrogens (primary N) is 1. The summed E-state index contributed by atoms with van der Waals surface area (Å²) >= 11 is 6.09. The van der Waals surface area contributed by atoms with Crippen molar-refractivity contribution in [2.45, 2.75) is 37.8 Å². The number of imidazole rings is 1. The van der Waals surface area contributed by atoms with Gasteiger partial charge in [-0.05, 0) is 25.1 Å². The highest BCUT2D eigenvalue weighted by Crippen LogP contribution is 2.49. The SMILES string of the molecule is C[C@H](N)C(=O)OCP(=O)(OC[C@H]1O[C@@H](n2cnc3c(Cl)nccc32)C[C@@H]1O)Oc1ccccc1. The minimum Gasteiger partial charge on any atom is -0.450 e. The molecule has 34 heavy (non-hydrogen) atoms. The normalized spacial score (nSPS) is 22.9. The van der Waals surface area contributed by atoms with E-state index in [1.54, 1.807) is 53.5 Å². The maximum absolute atomic E-state index is 13.4. The molecule has 0 aliphatic carbocycles. The molecule has 2 aromatic heterocycles. The Balaban J connectivity index is 1.45. The Kier molecular flexibility index (Phi) is 7.51. The number of esters is 1. The summed E-state index contributed by atoms with van der Waals surface area (Å²) in [5, 5.41) is 10.8. The quantitative estimate of drug-likeness (QED) is 0.250. The largest absolute Gasteiger partial charge is 0.450 e. The van der Waals surface area contributed by atoms with E-state index in [0.717, 1.165) is 0 Å². The molecule has 1 unspecified atom stereocenters.